The first kappa shape index (κ1) is 13.6. The van der Waals surface area contributed by atoms with Crippen LogP contribution in [0.4, 0.5) is 0 Å². The lowest BCUT2D eigenvalue weighted by atomic mass is 10.1. The van der Waals surface area contributed by atoms with Crippen molar-refractivity contribution in [3.8, 4) is 11.5 Å². The summed E-state index contributed by atoms with van der Waals surface area (Å²) in [7, 11) is 0. The molecule has 0 atom stereocenters. The molecule has 0 fully saturated rings. The van der Waals surface area contributed by atoms with Gasteiger partial charge in [-0.25, -0.2) is 4.98 Å². The molecule has 6 heteroatoms. The average molecular weight is 309 g/mol. The van der Waals surface area contributed by atoms with Crippen molar-refractivity contribution in [2.45, 2.75) is 6.42 Å². The summed E-state index contributed by atoms with van der Waals surface area (Å²) < 4.78 is 10.5. The van der Waals surface area contributed by atoms with Crippen LogP contribution in [0.2, 0.25) is 0 Å². The van der Waals surface area contributed by atoms with E-state index >= 15 is 0 Å². The van der Waals surface area contributed by atoms with Gasteiger partial charge < -0.3 is 19.8 Å². The summed E-state index contributed by atoms with van der Waals surface area (Å²) in [4.78, 5) is 19.5. The van der Waals surface area contributed by atoms with E-state index in [4.69, 9.17) is 9.47 Å². The number of imidazole rings is 1. The first-order chi connectivity index (χ1) is 11.3. The van der Waals surface area contributed by atoms with Gasteiger partial charge in [-0.2, -0.15) is 0 Å². The number of H-pyrrole nitrogens is 1. The van der Waals surface area contributed by atoms with Gasteiger partial charge in [-0.15, -0.1) is 0 Å². The van der Waals surface area contributed by atoms with Crippen LogP contribution in [0.3, 0.4) is 0 Å². The molecule has 0 aliphatic carbocycles. The number of rotatable bonds is 4. The Kier molecular flexibility index (Phi) is 3.34. The highest BCUT2D eigenvalue weighted by atomic mass is 16.7. The van der Waals surface area contributed by atoms with Gasteiger partial charge in [0.15, 0.2) is 11.5 Å². The SMILES string of the molecule is O=C(NCCc1ccc2nc[nH]c2c1)c1ccc2c(c1)OCO2. The molecule has 6 nitrogen and oxygen atoms in total. The van der Waals surface area contributed by atoms with Crippen LogP contribution in [-0.2, 0) is 6.42 Å². The molecule has 0 spiro atoms. The quantitative estimate of drug-likeness (QED) is 0.775. The third kappa shape index (κ3) is 2.70. The van der Waals surface area contributed by atoms with Crippen LogP contribution in [-0.4, -0.2) is 29.2 Å². The van der Waals surface area contributed by atoms with Crippen LogP contribution in [0.1, 0.15) is 15.9 Å². The minimum atomic E-state index is -0.120. The minimum absolute atomic E-state index is 0.120. The van der Waals surface area contributed by atoms with Crippen LogP contribution in [0, 0.1) is 0 Å². The summed E-state index contributed by atoms with van der Waals surface area (Å²) in [6.45, 7) is 0.767. The number of carbonyl (C=O) groups excluding carboxylic acids is 1. The Balaban J connectivity index is 1.37. The number of benzene rings is 2. The van der Waals surface area contributed by atoms with Crippen LogP contribution >= 0.6 is 0 Å². The summed E-state index contributed by atoms with van der Waals surface area (Å²) in [6, 6.07) is 11.2. The summed E-state index contributed by atoms with van der Waals surface area (Å²) >= 11 is 0. The minimum Gasteiger partial charge on any atom is -0.454 e. The fraction of sp³-hybridized carbons (Fsp3) is 0.176. The number of aromatic nitrogens is 2. The Morgan fingerprint density at radius 3 is 3.04 bits per heavy atom. The maximum absolute atomic E-state index is 12.2. The number of hydrogen-bond donors (Lipinski definition) is 2. The standard InChI is InChI=1S/C17H15N3O3/c21-17(12-2-4-15-16(8-12)23-10-22-15)18-6-5-11-1-3-13-14(7-11)20-9-19-13/h1-4,7-9H,5-6,10H2,(H,18,21)(H,19,20). The number of hydrogen-bond acceptors (Lipinski definition) is 4. The Hall–Kier alpha value is -3.02. The predicted octanol–water partition coefficient (Wildman–Crippen LogP) is 2.26. The van der Waals surface area contributed by atoms with Crippen molar-refractivity contribution >= 4 is 16.9 Å². The van der Waals surface area contributed by atoms with Crippen molar-refractivity contribution in [3.63, 3.8) is 0 Å². The molecule has 1 amide bonds. The monoisotopic (exact) mass is 309 g/mol. The lowest BCUT2D eigenvalue weighted by molar-refractivity contribution is 0.0953. The number of nitrogens with one attached hydrogen (secondary N) is 2. The van der Waals surface area contributed by atoms with Gasteiger partial charge in [0.2, 0.25) is 6.79 Å². The molecule has 4 rings (SSSR count). The van der Waals surface area contributed by atoms with E-state index in [-0.39, 0.29) is 12.7 Å². The maximum atomic E-state index is 12.2. The maximum Gasteiger partial charge on any atom is 0.251 e. The first-order valence-corrected chi connectivity index (χ1v) is 7.39. The average Bonchev–Trinajstić information content (AvgIpc) is 3.22. The van der Waals surface area contributed by atoms with Crippen molar-refractivity contribution in [1.29, 1.82) is 0 Å². The molecule has 2 N–H and O–H groups in total. The molecule has 116 valence electrons. The van der Waals surface area contributed by atoms with Crippen molar-refractivity contribution in [3.05, 3.63) is 53.9 Å². The molecule has 0 unspecified atom stereocenters. The van der Waals surface area contributed by atoms with Gasteiger partial charge in [-0.1, -0.05) is 6.07 Å². The molecule has 0 bridgehead atoms. The van der Waals surface area contributed by atoms with Gasteiger partial charge in [0.1, 0.15) is 0 Å². The lowest BCUT2D eigenvalue weighted by Gasteiger charge is -2.06. The number of carbonyl (C=O) groups is 1. The Morgan fingerprint density at radius 2 is 2.09 bits per heavy atom. The molecular weight excluding hydrogens is 294 g/mol. The highest BCUT2D eigenvalue weighted by Gasteiger charge is 2.15. The van der Waals surface area contributed by atoms with E-state index in [1.165, 1.54) is 0 Å². The molecule has 23 heavy (non-hydrogen) atoms. The first-order valence-electron chi connectivity index (χ1n) is 7.39. The summed E-state index contributed by atoms with van der Waals surface area (Å²) in [5.74, 6) is 1.17. The second-order valence-corrected chi connectivity index (χ2v) is 5.33. The van der Waals surface area contributed by atoms with Crippen LogP contribution in [0.25, 0.3) is 11.0 Å². The second kappa shape index (κ2) is 5.64. The molecule has 1 aromatic heterocycles. The molecule has 0 saturated heterocycles. The van der Waals surface area contributed by atoms with Crippen molar-refractivity contribution in [2.75, 3.05) is 13.3 Å². The van der Waals surface area contributed by atoms with Gasteiger partial charge >= 0.3 is 0 Å². The fourth-order valence-corrected chi connectivity index (χ4v) is 2.60. The van der Waals surface area contributed by atoms with Gasteiger partial charge in [-0.3, -0.25) is 4.79 Å². The van der Waals surface area contributed by atoms with Gasteiger partial charge in [-0.05, 0) is 42.3 Å². The van der Waals surface area contributed by atoms with Crippen LogP contribution in [0.5, 0.6) is 11.5 Å². The molecule has 2 aromatic carbocycles. The Labute approximate surface area is 132 Å². The summed E-state index contributed by atoms with van der Waals surface area (Å²) in [5.41, 5.74) is 3.66. The van der Waals surface area contributed by atoms with E-state index in [0.29, 0.717) is 23.6 Å². The highest BCUT2D eigenvalue weighted by Crippen LogP contribution is 2.32. The van der Waals surface area contributed by atoms with Crippen molar-refractivity contribution < 1.29 is 14.3 Å². The van der Waals surface area contributed by atoms with E-state index in [2.05, 4.69) is 21.4 Å². The molecule has 3 aromatic rings. The van der Waals surface area contributed by atoms with E-state index in [1.807, 2.05) is 12.1 Å². The number of nitrogens with zero attached hydrogens (tertiary/aromatic N) is 1. The second-order valence-electron chi connectivity index (χ2n) is 5.33. The topological polar surface area (TPSA) is 76.2 Å². The highest BCUT2D eigenvalue weighted by molar-refractivity contribution is 5.94. The molecule has 2 heterocycles. The zero-order valence-electron chi connectivity index (χ0n) is 12.3. The van der Waals surface area contributed by atoms with Gasteiger partial charge in [0.05, 0.1) is 17.4 Å². The number of fused-ring (bicyclic) bond motifs is 2. The molecular formula is C17H15N3O3. The van der Waals surface area contributed by atoms with E-state index in [9.17, 15) is 4.79 Å². The van der Waals surface area contributed by atoms with Crippen LogP contribution in [0.15, 0.2) is 42.7 Å². The predicted molar refractivity (Wildman–Crippen MR) is 84.7 cm³/mol. The van der Waals surface area contributed by atoms with Crippen molar-refractivity contribution in [1.82, 2.24) is 15.3 Å². The van der Waals surface area contributed by atoms with Crippen molar-refractivity contribution in [2.24, 2.45) is 0 Å². The Bertz CT molecular complexity index is 872. The van der Waals surface area contributed by atoms with E-state index in [0.717, 1.165) is 23.0 Å². The lowest BCUT2D eigenvalue weighted by Crippen LogP contribution is -2.25. The third-order valence-electron chi connectivity index (χ3n) is 3.82. The zero-order valence-corrected chi connectivity index (χ0v) is 12.3. The van der Waals surface area contributed by atoms with Crippen LogP contribution < -0.4 is 14.8 Å². The van der Waals surface area contributed by atoms with E-state index in [1.54, 1.807) is 24.5 Å². The number of amides is 1. The summed E-state index contributed by atoms with van der Waals surface area (Å²) in [6.07, 6.45) is 2.43. The molecule has 1 aliphatic rings. The summed E-state index contributed by atoms with van der Waals surface area (Å²) in [5, 5.41) is 2.92. The Morgan fingerprint density at radius 1 is 1.17 bits per heavy atom. The van der Waals surface area contributed by atoms with Gasteiger partial charge in [0.25, 0.3) is 5.91 Å². The largest absolute Gasteiger partial charge is 0.454 e. The number of aromatic amines is 1. The molecule has 0 saturated carbocycles. The van der Waals surface area contributed by atoms with Gasteiger partial charge in [0, 0.05) is 12.1 Å². The third-order valence-corrected chi connectivity index (χ3v) is 3.82. The molecule has 0 radical (unpaired) electrons. The fourth-order valence-electron chi connectivity index (χ4n) is 2.60. The van der Waals surface area contributed by atoms with E-state index < -0.39 is 0 Å². The zero-order chi connectivity index (χ0) is 15.6. The molecule has 1 aliphatic heterocycles. The normalized spacial score (nSPS) is 12.5. The number of ether oxygens (including phenoxy) is 2. The smallest absolute Gasteiger partial charge is 0.251 e.